The van der Waals surface area contributed by atoms with Crippen LogP contribution in [0.3, 0.4) is 0 Å². The van der Waals surface area contributed by atoms with Gasteiger partial charge in [0.25, 0.3) is 0 Å². The molecule has 1 aromatic heterocycles. The molecule has 0 bridgehead atoms. The van der Waals surface area contributed by atoms with Gasteiger partial charge in [-0.25, -0.2) is 0 Å². The Morgan fingerprint density at radius 3 is 2.79 bits per heavy atom. The van der Waals surface area contributed by atoms with Crippen molar-refractivity contribution in [3.05, 3.63) is 17.8 Å². The maximum absolute atomic E-state index is 5.73. The second-order valence-electron chi connectivity index (χ2n) is 3.33. The third kappa shape index (κ3) is 1.11. The normalized spacial score (nSPS) is 10.8. The summed E-state index contributed by atoms with van der Waals surface area (Å²) < 4.78 is 7.10. The van der Waals surface area contributed by atoms with E-state index in [1.54, 1.807) is 7.11 Å². The lowest BCUT2D eigenvalue weighted by Gasteiger charge is -2.03. The predicted octanol–water partition coefficient (Wildman–Crippen LogP) is 1.47. The van der Waals surface area contributed by atoms with Crippen molar-refractivity contribution in [3.63, 3.8) is 0 Å². The molecule has 0 radical (unpaired) electrons. The Balaban J connectivity index is 2.88. The topological polar surface area (TPSA) is 53.1 Å². The second kappa shape index (κ2) is 2.90. The summed E-state index contributed by atoms with van der Waals surface area (Å²) >= 11 is 0. The second-order valence-corrected chi connectivity index (χ2v) is 3.33. The molecule has 2 aromatic rings. The Bertz CT molecular complexity index is 488. The molecule has 4 nitrogen and oxygen atoms in total. The summed E-state index contributed by atoms with van der Waals surface area (Å²) in [4.78, 5) is 0. The number of benzene rings is 1. The van der Waals surface area contributed by atoms with Crippen LogP contribution in [0.4, 0.5) is 5.69 Å². The number of nitrogen functional groups attached to an aromatic ring is 1. The van der Waals surface area contributed by atoms with Gasteiger partial charge < -0.3 is 10.5 Å². The van der Waals surface area contributed by atoms with Crippen LogP contribution in [0.2, 0.25) is 0 Å². The van der Waals surface area contributed by atoms with E-state index in [1.165, 1.54) is 0 Å². The van der Waals surface area contributed by atoms with Crippen molar-refractivity contribution in [3.8, 4) is 5.75 Å². The molecule has 0 saturated heterocycles. The lowest BCUT2D eigenvalue weighted by atomic mass is 10.2. The lowest BCUT2D eigenvalue weighted by Crippen LogP contribution is -1.92. The van der Waals surface area contributed by atoms with Crippen LogP contribution in [0.1, 0.15) is 5.69 Å². The Morgan fingerprint density at radius 1 is 1.43 bits per heavy atom. The standard InChI is InChI=1S/C10H13N3O/c1-6-10-8(12-13(6)2)4-7(11)5-9(10)14-3/h4-5H,11H2,1-3H3. The van der Waals surface area contributed by atoms with Gasteiger partial charge in [0.05, 0.1) is 18.0 Å². The van der Waals surface area contributed by atoms with Crippen molar-refractivity contribution in [2.24, 2.45) is 7.05 Å². The fourth-order valence-corrected chi connectivity index (χ4v) is 1.62. The minimum Gasteiger partial charge on any atom is -0.496 e. The molecule has 0 amide bonds. The average molecular weight is 191 g/mol. The molecule has 2 N–H and O–H groups in total. The summed E-state index contributed by atoms with van der Waals surface area (Å²) in [5, 5.41) is 5.37. The molecule has 0 aliphatic carbocycles. The number of nitrogens with zero attached hydrogens (tertiary/aromatic N) is 2. The first-order chi connectivity index (χ1) is 6.63. The molecule has 14 heavy (non-hydrogen) atoms. The van der Waals surface area contributed by atoms with Crippen LogP contribution in [0, 0.1) is 6.92 Å². The number of nitrogens with two attached hydrogens (primary N) is 1. The maximum atomic E-state index is 5.73. The van der Waals surface area contributed by atoms with E-state index in [2.05, 4.69) is 5.10 Å². The van der Waals surface area contributed by atoms with E-state index in [4.69, 9.17) is 10.5 Å². The quantitative estimate of drug-likeness (QED) is 0.694. The first kappa shape index (κ1) is 8.87. The Labute approximate surface area is 82.3 Å². The SMILES string of the molecule is COc1cc(N)cc2nn(C)c(C)c12. The smallest absolute Gasteiger partial charge is 0.132 e. The van der Waals surface area contributed by atoms with E-state index < -0.39 is 0 Å². The number of aryl methyl sites for hydroxylation is 2. The Hall–Kier alpha value is -1.71. The van der Waals surface area contributed by atoms with E-state index in [-0.39, 0.29) is 0 Å². The summed E-state index contributed by atoms with van der Waals surface area (Å²) in [6.07, 6.45) is 0. The summed E-state index contributed by atoms with van der Waals surface area (Å²) in [5.74, 6) is 0.783. The van der Waals surface area contributed by atoms with Gasteiger partial charge in [-0.1, -0.05) is 0 Å². The molecule has 2 rings (SSSR count). The number of aromatic nitrogens is 2. The largest absolute Gasteiger partial charge is 0.496 e. The highest BCUT2D eigenvalue weighted by molar-refractivity contribution is 5.90. The first-order valence-corrected chi connectivity index (χ1v) is 4.40. The van der Waals surface area contributed by atoms with E-state index in [1.807, 2.05) is 30.8 Å². The van der Waals surface area contributed by atoms with Crippen molar-refractivity contribution >= 4 is 16.6 Å². The monoisotopic (exact) mass is 191 g/mol. The zero-order valence-corrected chi connectivity index (χ0v) is 8.53. The Kier molecular flexibility index (Phi) is 1.84. The van der Waals surface area contributed by atoms with E-state index in [0.717, 1.165) is 22.3 Å². The molecule has 0 aliphatic rings. The Morgan fingerprint density at radius 2 is 2.14 bits per heavy atom. The maximum Gasteiger partial charge on any atom is 0.132 e. The van der Waals surface area contributed by atoms with Gasteiger partial charge in [-0.3, -0.25) is 4.68 Å². The van der Waals surface area contributed by atoms with E-state index in [0.29, 0.717) is 5.69 Å². The fraction of sp³-hybridized carbons (Fsp3) is 0.300. The van der Waals surface area contributed by atoms with Crippen molar-refractivity contribution in [2.45, 2.75) is 6.92 Å². The minimum absolute atomic E-state index is 0.674. The van der Waals surface area contributed by atoms with Crippen molar-refractivity contribution in [1.29, 1.82) is 0 Å². The van der Waals surface area contributed by atoms with Crippen molar-refractivity contribution in [1.82, 2.24) is 9.78 Å². The number of hydrogen-bond acceptors (Lipinski definition) is 3. The molecule has 1 aromatic carbocycles. The van der Waals surface area contributed by atoms with Crippen LogP contribution in [-0.4, -0.2) is 16.9 Å². The van der Waals surface area contributed by atoms with Gasteiger partial charge in [-0.15, -0.1) is 0 Å². The number of ether oxygens (including phenoxy) is 1. The molecule has 0 unspecified atom stereocenters. The first-order valence-electron chi connectivity index (χ1n) is 4.40. The number of anilines is 1. The lowest BCUT2D eigenvalue weighted by molar-refractivity contribution is 0.420. The molecular formula is C10H13N3O. The summed E-state index contributed by atoms with van der Waals surface area (Å²) in [5.41, 5.74) is 8.36. The molecule has 4 heteroatoms. The molecule has 74 valence electrons. The van der Waals surface area contributed by atoms with Gasteiger partial charge in [-0.2, -0.15) is 5.10 Å². The van der Waals surface area contributed by atoms with Gasteiger partial charge in [0.2, 0.25) is 0 Å². The van der Waals surface area contributed by atoms with Gasteiger partial charge >= 0.3 is 0 Å². The van der Waals surface area contributed by atoms with Crippen LogP contribution < -0.4 is 10.5 Å². The molecule has 0 spiro atoms. The molecule has 0 fully saturated rings. The predicted molar refractivity (Wildman–Crippen MR) is 56.4 cm³/mol. The van der Waals surface area contributed by atoms with Gasteiger partial charge in [0, 0.05) is 24.5 Å². The number of fused-ring (bicyclic) bond motifs is 1. The highest BCUT2D eigenvalue weighted by atomic mass is 16.5. The highest BCUT2D eigenvalue weighted by Crippen LogP contribution is 2.30. The fourth-order valence-electron chi connectivity index (χ4n) is 1.62. The number of rotatable bonds is 1. The average Bonchev–Trinajstić information content (AvgIpc) is 2.41. The van der Waals surface area contributed by atoms with Gasteiger partial charge in [0.1, 0.15) is 5.75 Å². The number of methoxy groups -OCH3 is 1. The summed E-state index contributed by atoms with van der Waals surface area (Å²) in [6, 6.07) is 3.67. The van der Waals surface area contributed by atoms with Crippen LogP contribution in [-0.2, 0) is 7.05 Å². The van der Waals surface area contributed by atoms with Crippen LogP contribution in [0.25, 0.3) is 10.9 Å². The zero-order chi connectivity index (χ0) is 10.3. The van der Waals surface area contributed by atoms with E-state index >= 15 is 0 Å². The summed E-state index contributed by atoms with van der Waals surface area (Å²) in [7, 11) is 3.55. The van der Waals surface area contributed by atoms with E-state index in [9.17, 15) is 0 Å². The third-order valence-corrected chi connectivity index (χ3v) is 2.43. The van der Waals surface area contributed by atoms with Crippen LogP contribution in [0.5, 0.6) is 5.75 Å². The summed E-state index contributed by atoms with van der Waals surface area (Å²) in [6.45, 7) is 2.01. The zero-order valence-electron chi connectivity index (χ0n) is 8.53. The van der Waals surface area contributed by atoms with Gasteiger partial charge in [-0.05, 0) is 13.0 Å². The highest BCUT2D eigenvalue weighted by Gasteiger charge is 2.10. The van der Waals surface area contributed by atoms with Crippen molar-refractivity contribution < 1.29 is 4.74 Å². The van der Waals surface area contributed by atoms with Crippen LogP contribution in [0.15, 0.2) is 12.1 Å². The molecule has 0 aliphatic heterocycles. The van der Waals surface area contributed by atoms with Crippen molar-refractivity contribution in [2.75, 3.05) is 12.8 Å². The number of hydrogen-bond donors (Lipinski definition) is 1. The van der Waals surface area contributed by atoms with Gasteiger partial charge in [0.15, 0.2) is 0 Å². The molecule has 1 heterocycles. The van der Waals surface area contributed by atoms with Crippen LogP contribution >= 0.6 is 0 Å². The molecule has 0 saturated carbocycles. The molecule has 0 atom stereocenters. The third-order valence-electron chi connectivity index (χ3n) is 2.43. The molecular weight excluding hydrogens is 178 g/mol. The minimum atomic E-state index is 0.674.